The number of aryl methyl sites for hydroxylation is 3. The van der Waals surface area contributed by atoms with E-state index in [0.29, 0.717) is 0 Å². The van der Waals surface area contributed by atoms with E-state index in [1.807, 2.05) is 52.2 Å². The number of rotatable bonds is 7. The first-order valence-electron chi connectivity index (χ1n) is 13.5. The normalized spacial score (nSPS) is 16.9. The highest BCUT2D eigenvalue weighted by Crippen LogP contribution is 2.44. The van der Waals surface area contributed by atoms with Crippen molar-refractivity contribution in [3.63, 3.8) is 0 Å². The summed E-state index contributed by atoms with van der Waals surface area (Å²) in [6, 6.07) is 12.4. The van der Waals surface area contributed by atoms with E-state index in [2.05, 4.69) is 52.2 Å². The van der Waals surface area contributed by atoms with Crippen molar-refractivity contribution in [2.75, 3.05) is 6.54 Å². The van der Waals surface area contributed by atoms with Crippen molar-refractivity contribution in [3.8, 4) is 5.75 Å². The Hall–Kier alpha value is -3.78. The minimum Gasteiger partial charge on any atom is -0.489 e. The van der Waals surface area contributed by atoms with Crippen molar-refractivity contribution in [1.29, 1.82) is 0 Å². The molecule has 2 aromatic carbocycles. The van der Waals surface area contributed by atoms with Crippen LogP contribution >= 0.6 is 0 Å². The molecule has 1 aliphatic heterocycles. The number of pyridine rings is 1. The molecule has 39 heavy (non-hydrogen) atoms. The summed E-state index contributed by atoms with van der Waals surface area (Å²) in [7, 11) is 1.87. The molecule has 8 heteroatoms. The fourth-order valence-electron chi connectivity index (χ4n) is 5.74. The van der Waals surface area contributed by atoms with E-state index in [4.69, 9.17) is 4.74 Å². The van der Waals surface area contributed by atoms with Gasteiger partial charge in [0.15, 0.2) is 0 Å². The van der Waals surface area contributed by atoms with Gasteiger partial charge >= 0.3 is 5.97 Å². The maximum atomic E-state index is 12.6. The number of ether oxygens (including phenoxy) is 1. The molecule has 0 spiro atoms. The van der Waals surface area contributed by atoms with E-state index in [9.17, 15) is 9.90 Å². The fraction of sp³-hybridized carbons (Fsp3) is 0.419. The van der Waals surface area contributed by atoms with Gasteiger partial charge in [0.2, 0.25) is 0 Å². The number of nitrogens with zero attached hydrogens (tertiary/aromatic N) is 5. The molecular weight excluding hydrogens is 490 g/mol. The Kier molecular flexibility index (Phi) is 7.16. The molecule has 0 saturated carbocycles. The van der Waals surface area contributed by atoms with Crippen molar-refractivity contribution in [2.45, 2.75) is 66.2 Å². The number of carboxylic acids is 1. The van der Waals surface area contributed by atoms with Crippen molar-refractivity contribution < 1.29 is 14.6 Å². The first-order valence-corrected chi connectivity index (χ1v) is 13.5. The smallest absolute Gasteiger partial charge is 0.310 e. The molecule has 0 fully saturated rings. The number of carbonyl (C=O) groups is 1. The second-order valence-corrected chi connectivity index (χ2v) is 11.3. The first-order chi connectivity index (χ1) is 18.6. The molecule has 0 saturated heterocycles. The zero-order valence-corrected chi connectivity index (χ0v) is 23.6. The van der Waals surface area contributed by atoms with E-state index >= 15 is 0 Å². The Morgan fingerprint density at radius 3 is 2.74 bits per heavy atom. The maximum Gasteiger partial charge on any atom is 0.310 e. The van der Waals surface area contributed by atoms with Crippen LogP contribution in [0.3, 0.4) is 0 Å². The van der Waals surface area contributed by atoms with Crippen LogP contribution in [0, 0.1) is 19.3 Å². The molecule has 1 unspecified atom stereocenters. The number of hydrogen-bond acceptors (Lipinski definition) is 6. The monoisotopic (exact) mass is 527 g/mol. The Morgan fingerprint density at radius 2 is 2.00 bits per heavy atom. The summed E-state index contributed by atoms with van der Waals surface area (Å²) < 4.78 is 8.03. The Bertz CT molecular complexity index is 1530. The molecule has 2 aromatic heterocycles. The molecule has 8 nitrogen and oxygen atoms in total. The third-order valence-electron chi connectivity index (χ3n) is 8.23. The van der Waals surface area contributed by atoms with Crippen LogP contribution in [0.15, 0.2) is 48.8 Å². The molecule has 204 valence electrons. The standard InChI is InChI=1S/C31H37N5O3/c1-7-24-18-36(17-23-15-32-13-12-27(23)39-24)16-22-14-21(9-8-19(22)2)28(31(4,5)30(37)38)25-10-11-26-29(20(25)3)33-34-35(26)6/h8-15,24,28H,7,16-18H2,1-6H3,(H,37,38)/t24-,28?/m1/s1. The van der Waals surface area contributed by atoms with Crippen molar-refractivity contribution >= 4 is 17.0 Å². The molecule has 0 amide bonds. The Balaban J connectivity index is 1.56. The SMILES string of the molecule is CC[C@@H]1CN(Cc2cc(C(c3ccc4c(nnn4C)c3C)C(C)(C)C(=O)O)ccc2C)Cc2cnccc2O1. The van der Waals surface area contributed by atoms with Gasteiger partial charge in [-0.25, -0.2) is 4.68 Å². The lowest BCUT2D eigenvalue weighted by atomic mass is 9.69. The van der Waals surface area contributed by atoms with Crippen LogP contribution in [0.25, 0.3) is 11.0 Å². The van der Waals surface area contributed by atoms with Crippen LogP contribution in [0.2, 0.25) is 0 Å². The van der Waals surface area contributed by atoms with Crippen LogP contribution < -0.4 is 4.74 Å². The summed E-state index contributed by atoms with van der Waals surface area (Å²) in [5.41, 5.74) is 7.01. The minimum absolute atomic E-state index is 0.0946. The predicted molar refractivity (Wildman–Crippen MR) is 151 cm³/mol. The van der Waals surface area contributed by atoms with Crippen molar-refractivity contribution in [2.24, 2.45) is 12.5 Å². The van der Waals surface area contributed by atoms with Gasteiger partial charge in [-0.05, 0) is 74.1 Å². The van der Waals surface area contributed by atoms with Gasteiger partial charge in [-0.15, -0.1) is 5.10 Å². The molecular formula is C31H37N5O3. The van der Waals surface area contributed by atoms with Gasteiger partial charge in [0.05, 0.1) is 10.9 Å². The zero-order chi connectivity index (χ0) is 27.9. The maximum absolute atomic E-state index is 12.6. The number of benzene rings is 2. The van der Waals surface area contributed by atoms with Crippen molar-refractivity contribution in [1.82, 2.24) is 24.9 Å². The quantitative estimate of drug-likeness (QED) is 0.344. The summed E-state index contributed by atoms with van der Waals surface area (Å²) >= 11 is 0. The summed E-state index contributed by atoms with van der Waals surface area (Å²) in [6.45, 7) is 12.2. The average molecular weight is 528 g/mol. The lowest BCUT2D eigenvalue weighted by Crippen LogP contribution is -2.33. The molecule has 5 rings (SSSR count). The first kappa shape index (κ1) is 26.8. The van der Waals surface area contributed by atoms with Crippen molar-refractivity contribution in [3.05, 3.63) is 82.2 Å². The largest absolute Gasteiger partial charge is 0.489 e. The molecule has 2 atom stereocenters. The fourth-order valence-corrected chi connectivity index (χ4v) is 5.74. The number of hydrogen-bond donors (Lipinski definition) is 1. The number of aromatic nitrogens is 4. The molecule has 1 aliphatic rings. The second-order valence-electron chi connectivity index (χ2n) is 11.3. The van der Waals surface area contributed by atoms with E-state index in [1.165, 1.54) is 11.1 Å². The zero-order valence-electron chi connectivity index (χ0n) is 23.6. The van der Waals surface area contributed by atoms with Crippen LogP contribution in [0.5, 0.6) is 5.75 Å². The summed E-state index contributed by atoms with van der Waals surface area (Å²) in [5.74, 6) is -0.308. The number of aliphatic carboxylic acids is 1. The Morgan fingerprint density at radius 1 is 1.21 bits per heavy atom. The van der Waals surface area contributed by atoms with E-state index in [1.54, 1.807) is 10.9 Å². The van der Waals surface area contributed by atoms with E-state index in [0.717, 1.165) is 65.1 Å². The highest BCUT2D eigenvalue weighted by atomic mass is 16.5. The summed E-state index contributed by atoms with van der Waals surface area (Å²) in [4.78, 5) is 19.3. The van der Waals surface area contributed by atoms with E-state index in [-0.39, 0.29) is 12.0 Å². The topological polar surface area (TPSA) is 93.4 Å². The molecule has 4 aromatic rings. The van der Waals surface area contributed by atoms with E-state index < -0.39 is 11.4 Å². The molecule has 0 radical (unpaired) electrons. The Labute approximate surface area is 229 Å². The minimum atomic E-state index is -1.05. The number of fused-ring (bicyclic) bond motifs is 2. The molecule has 0 bridgehead atoms. The molecule has 0 aliphatic carbocycles. The van der Waals surface area contributed by atoms with Gasteiger partial charge in [-0.1, -0.05) is 36.4 Å². The molecule has 3 heterocycles. The predicted octanol–water partition coefficient (Wildman–Crippen LogP) is 5.40. The van der Waals surface area contributed by atoms with Crippen LogP contribution in [0.4, 0.5) is 0 Å². The second kappa shape index (κ2) is 10.4. The third-order valence-corrected chi connectivity index (χ3v) is 8.23. The van der Waals surface area contributed by atoms with Gasteiger partial charge in [-0.3, -0.25) is 14.7 Å². The average Bonchev–Trinajstić information content (AvgIpc) is 3.18. The highest BCUT2D eigenvalue weighted by Gasteiger charge is 2.40. The lowest BCUT2D eigenvalue weighted by Gasteiger charge is -2.33. The summed E-state index contributed by atoms with van der Waals surface area (Å²) in [5, 5.41) is 18.9. The van der Waals surface area contributed by atoms with Gasteiger partial charge < -0.3 is 9.84 Å². The van der Waals surface area contributed by atoms with Gasteiger partial charge in [0.25, 0.3) is 0 Å². The lowest BCUT2D eigenvalue weighted by molar-refractivity contribution is -0.147. The third kappa shape index (κ3) is 5.01. The molecule has 1 N–H and O–H groups in total. The van der Waals surface area contributed by atoms with Gasteiger partial charge in [0, 0.05) is 50.6 Å². The number of carboxylic acid groups (broad SMARTS) is 1. The van der Waals surface area contributed by atoms with Crippen LogP contribution in [0.1, 0.15) is 66.5 Å². The van der Waals surface area contributed by atoms with Crippen LogP contribution in [-0.2, 0) is 24.9 Å². The van der Waals surface area contributed by atoms with Crippen LogP contribution in [-0.4, -0.2) is 48.6 Å². The highest BCUT2D eigenvalue weighted by molar-refractivity contribution is 5.81. The van der Waals surface area contributed by atoms with Gasteiger partial charge in [0.1, 0.15) is 17.4 Å². The van der Waals surface area contributed by atoms with Gasteiger partial charge in [-0.2, -0.15) is 0 Å². The summed E-state index contributed by atoms with van der Waals surface area (Å²) in [6.07, 6.45) is 4.67.